The van der Waals surface area contributed by atoms with Crippen molar-refractivity contribution in [3.05, 3.63) is 41.5 Å². The van der Waals surface area contributed by atoms with Gasteiger partial charge in [-0.1, -0.05) is 25.5 Å². The fraction of sp³-hybridized carbons (Fsp3) is 0.294. The molecule has 2 rings (SSSR count). The van der Waals surface area contributed by atoms with Gasteiger partial charge in [0, 0.05) is 5.56 Å². The second-order valence-electron chi connectivity index (χ2n) is 5.19. The number of amides is 1. The van der Waals surface area contributed by atoms with Gasteiger partial charge in [0.1, 0.15) is 0 Å². The number of carbonyl (C=O) groups is 1. The standard InChI is InChI=1S/C17H19N5O2/c1-3-4-9-24-17(23)22-20-15-10-12(2)16(21-19-15)14-7-5-13(11-18)6-8-14/h5-8,10H,3-4,9H2,1-2H3,(H,19,20)(H,22,23). The predicted molar refractivity (Wildman–Crippen MR) is 89.9 cm³/mol. The molecule has 0 aliphatic carbocycles. The molecule has 0 aliphatic rings. The van der Waals surface area contributed by atoms with Crippen molar-refractivity contribution in [1.29, 1.82) is 5.26 Å². The van der Waals surface area contributed by atoms with Gasteiger partial charge >= 0.3 is 6.09 Å². The van der Waals surface area contributed by atoms with Gasteiger partial charge in [-0.25, -0.2) is 10.2 Å². The van der Waals surface area contributed by atoms with Crippen LogP contribution in [0.25, 0.3) is 11.3 Å². The number of aromatic nitrogens is 2. The molecule has 0 saturated carbocycles. The van der Waals surface area contributed by atoms with Crippen LogP contribution in [0.1, 0.15) is 30.9 Å². The number of hydrogen-bond acceptors (Lipinski definition) is 6. The highest BCUT2D eigenvalue weighted by molar-refractivity contribution is 5.69. The minimum Gasteiger partial charge on any atom is -0.448 e. The third-order valence-corrected chi connectivity index (χ3v) is 3.30. The Morgan fingerprint density at radius 3 is 2.67 bits per heavy atom. The third-order valence-electron chi connectivity index (χ3n) is 3.30. The molecule has 0 saturated heterocycles. The number of benzene rings is 1. The Kier molecular flexibility index (Phi) is 6.08. The summed E-state index contributed by atoms with van der Waals surface area (Å²) >= 11 is 0. The summed E-state index contributed by atoms with van der Waals surface area (Å²) in [5, 5.41) is 17.0. The van der Waals surface area contributed by atoms with Crippen molar-refractivity contribution in [3.63, 3.8) is 0 Å². The predicted octanol–water partition coefficient (Wildman–Crippen LogP) is 3.18. The molecule has 0 atom stereocenters. The van der Waals surface area contributed by atoms with Crippen LogP contribution in [0.3, 0.4) is 0 Å². The number of carbonyl (C=O) groups excluding carboxylic acids is 1. The van der Waals surface area contributed by atoms with E-state index in [1.807, 2.05) is 26.0 Å². The molecule has 0 unspecified atom stereocenters. The van der Waals surface area contributed by atoms with Crippen molar-refractivity contribution in [2.75, 3.05) is 12.0 Å². The molecular weight excluding hydrogens is 306 g/mol. The highest BCUT2D eigenvalue weighted by atomic mass is 16.6. The number of nitrogens with zero attached hydrogens (tertiary/aromatic N) is 3. The molecule has 124 valence electrons. The molecule has 7 heteroatoms. The first-order valence-corrected chi connectivity index (χ1v) is 7.67. The smallest absolute Gasteiger partial charge is 0.425 e. The van der Waals surface area contributed by atoms with E-state index in [9.17, 15) is 4.79 Å². The lowest BCUT2D eigenvalue weighted by atomic mass is 10.1. The maximum atomic E-state index is 11.5. The summed E-state index contributed by atoms with van der Waals surface area (Å²) in [4.78, 5) is 11.5. The Balaban J connectivity index is 1.99. The van der Waals surface area contributed by atoms with Gasteiger partial charge in [-0.2, -0.15) is 5.26 Å². The molecule has 1 amide bonds. The van der Waals surface area contributed by atoms with E-state index < -0.39 is 6.09 Å². The van der Waals surface area contributed by atoms with Crippen molar-refractivity contribution in [3.8, 4) is 17.3 Å². The molecule has 0 radical (unpaired) electrons. The monoisotopic (exact) mass is 325 g/mol. The number of hydrogen-bond donors (Lipinski definition) is 2. The van der Waals surface area contributed by atoms with Crippen LogP contribution in [0.2, 0.25) is 0 Å². The van der Waals surface area contributed by atoms with Gasteiger partial charge in [0.15, 0.2) is 5.82 Å². The zero-order chi connectivity index (χ0) is 17.4. The van der Waals surface area contributed by atoms with Gasteiger partial charge in [0.05, 0.1) is 23.9 Å². The van der Waals surface area contributed by atoms with Crippen LogP contribution < -0.4 is 10.9 Å². The molecule has 0 aliphatic heterocycles. The third kappa shape index (κ3) is 4.68. The zero-order valence-corrected chi connectivity index (χ0v) is 13.7. The summed E-state index contributed by atoms with van der Waals surface area (Å²) in [6.07, 6.45) is 1.23. The number of ether oxygens (including phenoxy) is 1. The van der Waals surface area contributed by atoms with Crippen molar-refractivity contribution < 1.29 is 9.53 Å². The largest absolute Gasteiger partial charge is 0.448 e. The Bertz CT molecular complexity index is 738. The van der Waals surface area contributed by atoms with Crippen molar-refractivity contribution in [1.82, 2.24) is 15.6 Å². The lowest BCUT2D eigenvalue weighted by Gasteiger charge is -2.10. The van der Waals surface area contributed by atoms with Gasteiger partial charge in [-0.15, -0.1) is 10.2 Å². The van der Waals surface area contributed by atoms with Gasteiger partial charge in [0.2, 0.25) is 0 Å². The van der Waals surface area contributed by atoms with Crippen LogP contribution in [0.4, 0.5) is 10.6 Å². The number of anilines is 1. The van der Waals surface area contributed by atoms with Crippen LogP contribution in [-0.2, 0) is 4.74 Å². The highest BCUT2D eigenvalue weighted by Gasteiger charge is 2.07. The van der Waals surface area contributed by atoms with Crippen LogP contribution in [0.5, 0.6) is 0 Å². The second kappa shape index (κ2) is 8.48. The molecule has 2 N–H and O–H groups in total. The minimum atomic E-state index is -0.556. The van der Waals surface area contributed by atoms with E-state index in [1.165, 1.54) is 0 Å². The van der Waals surface area contributed by atoms with Gasteiger partial charge < -0.3 is 4.74 Å². The summed E-state index contributed by atoms with van der Waals surface area (Å²) in [6.45, 7) is 4.30. The van der Waals surface area contributed by atoms with Gasteiger partial charge in [0.25, 0.3) is 0 Å². The van der Waals surface area contributed by atoms with Gasteiger partial charge in [-0.3, -0.25) is 5.43 Å². The maximum absolute atomic E-state index is 11.5. The SMILES string of the molecule is CCCCOC(=O)NNc1cc(C)c(-c2ccc(C#N)cc2)nn1. The molecule has 1 heterocycles. The fourth-order valence-corrected chi connectivity index (χ4v) is 1.99. The summed E-state index contributed by atoms with van der Waals surface area (Å²) in [7, 11) is 0. The Morgan fingerprint density at radius 2 is 2.04 bits per heavy atom. The van der Waals surface area contributed by atoms with E-state index in [0.717, 1.165) is 29.7 Å². The number of unbranched alkanes of at least 4 members (excludes halogenated alkanes) is 1. The van der Waals surface area contributed by atoms with Gasteiger partial charge in [-0.05, 0) is 37.1 Å². The highest BCUT2D eigenvalue weighted by Crippen LogP contribution is 2.21. The molecule has 0 bridgehead atoms. The number of hydrazine groups is 1. The lowest BCUT2D eigenvalue weighted by molar-refractivity contribution is 0.146. The van der Waals surface area contributed by atoms with E-state index in [-0.39, 0.29) is 0 Å². The van der Waals surface area contributed by atoms with E-state index in [4.69, 9.17) is 10.00 Å². The van der Waals surface area contributed by atoms with E-state index in [2.05, 4.69) is 27.1 Å². The first-order chi connectivity index (χ1) is 11.6. The number of rotatable bonds is 6. The summed E-state index contributed by atoms with van der Waals surface area (Å²) in [5.41, 5.74) is 8.15. The fourth-order valence-electron chi connectivity index (χ4n) is 1.99. The molecule has 1 aromatic carbocycles. The van der Waals surface area contributed by atoms with Crippen LogP contribution >= 0.6 is 0 Å². The second-order valence-corrected chi connectivity index (χ2v) is 5.19. The molecule has 0 fully saturated rings. The van der Waals surface area contributed by atoms with E-state index in [1.54, 1.807) is 18.2 Å². The van der Waals surface area contributed by atoms with Crippen molar-refractivity contribution in [2.45, 2.75) is 26.7 Å². The number of nitriles is 1. The Morgan fingerprint density at radius 1 is 1.29 bits per heavy atom. The van der Waals surface area contributed by atoms with Crippen LogP contribution in [-0.4, -0.2) is 22.9 Å². The van der Waals surface area contributed by atoms with Crippen LogP contribution in [0.15, 0.2) is 30.3 Å². The molecule has 0 spiro atoms. The first kappa shape index (κ1) is 17.2. The average Bonchev–Trinajstić information content (AvgIpc) is 2.60. The topological polar surface area (TPSA) is 99.9 Å². The molecular formula is C17H19N5O2. The van der Waals surface area contributed by atoms with Crippen LogP contribution in [0, 0.1) is 18.3 Å². The quantitative estimate of drug-likeness (QED) is 0.625. The summed E-state index contributed by atoms with van der Waals surface area (Å²) in [6, 6.07) is 11.0. The zero-order valence-electron chi connectivity index (χ0n) is 13.7. The van der Waals surface area contributed by atoms with E-state index in [0.29, 0.717) is 18.0 Å². The minimum absolute atomic E-state index is 0.381. The number of nitrogens with one attached hydrogen (secondary N) is 2. The summed E-state index contributed by atoms with van der Waals surface area (Å²) in [5.74, 6) is 0.414. The molecule has 1 aromatic heterocycles. The molecule has 24 heavy (non-hydrogen) atoms. The normalized spacial score (nSPS) is 9.88. The first-order valence-electron chi connectivity index (χ1n) is 7.67. The van der Waals surface area contributed by atoms with Crippen molar-refractivity contribution >= 4 is 11.9 Å². The molecule has 2 aromatic rings. The Hall–Kier alpha value is -3.14. The summed E-state index contributed by atoms with van der Waals surface area (Å²) < 4.78 is 4.96. The van der Waals surface area contributed by atoms with E-state index >= 15 is 0 Å². The lowest BCUT2D eigenvalue weighted by Crippen LogP contribution is -2.30. The number of aryl methyl sites for hydroxylation is 1. The average molecular weight is 325 g/mol. The molecule has 7 nitrogen and oxygen atoms in total. The Labute approximate surface area is 140 Å². The maximum Gasteiger partial charge on any atom is 0.425 e. The van der Waals surface area contributed by atoms with Crippen molar-refractivity contribution in [2.24, 2.45) is 0 Å².